The molecule has 0 spiro atoms. The quantitative estimate of drug-likeness (QED) is 0.846. The number of rotatable bonds is 3. The first-order valence-corrected chi connectivity index (χ1v) is 5.51. The van der Waals surface area contributed by atoms with Crippen LogP contribution in [0.4, 0.5) is 4.39 Å². The Bertz CT molecular complexity index is 667. The van der Waals surface area contributed by atoms with Crippen molar-refractivity contribution in [1.82, 2.24) is 9.97 Å². The van der Waals surface area contributed by atoms with Gasteiger partial charge >= 0.3 is 5.97 Å². The summed E-state index contributed by atoms with van der Waals surface area (Å²) in [6.45, 7) is 0. The molecular weight excluding hydrogens is 251 g/mol. The summed E-state index contributed by atoms with van der Waals surface area (Å²) < 4.78 is 17.6. The smallest absolute Gasteiger partial charge is 0.311 e. The molecule has 98 valence electrons. The van der Waals surface area contributed by atoms with E-state index in [1.54, 1.807) is 6.07 Å². The van der Waals surface area contributed by atoms with Crippen LogP contribution in [-0.2, 0) is 16.0 Å². The van der Waals surface area contributed by atoms with Gasteiger partial charge in [-0.25, -0.2) is 9.37 Å². The highest BCUT2D eigenvalue weighted by Gasteiger charge is 2.09. The molecule has 0 saturated carbocycles. The lowest BCUT2D eigenvalue weighted by Gasteiger charge is -2.04. The van der Waals surface area contributed by atoms with Crippen LogP contribution in [0.1, 0.15) is 5.69 Å². The maximum atomic E-state index is 13.1. The standard InChI is InChI=1S/C13H11FN2O3/c1-19-12(18)7-10-6-11(17)16-13(15-10)8-3-2-4-9(14)5-8/h2-6H,7H2,1H3,(H,15,16,17). The summed E-state index contributed by atoms with van der Waals surface area (Å²) in [5, 5.41) is 0. The topological polar surface area (TPSA) is 72.1 Å². The van der Waals surface area contributed by atoms with Gasteiger partial charge in [-0.15, -0.1) is 0 Å². The maximum absolute atomic E-state index is 13.1. The molecule has 6 heteroatoms. The minimum absolute atomic E-state index is 0.108. The molecule has 2 aromatic rings. The number of carbonyl (C=O) groups is 1. The Morgan fingerprint density at radius 1 is 1.42 bits per heavy atom. The van der Waals surface area contributed by atoms with Crippen LogP contribution in [0.2, 0.25) is 0 Å². The Balaban J connectivity index is 2.42. The highest BCUT2D eigenvalue weighted by Crippen LogP contribution is 2.14. The number of esters is 1. The van der Waals surface area contributed by atoms with E-state index in [2.05, 4.69) is 14.7 Å². The first-order valence-electron chi connectivity index (χ1n) is 5.51. The number of ether oxygens (including phenoxy) is 1. The molecule has 0 fully saturated rings. The zero-order valence-corrected chi connectivity index (χ0v) is 10.1. The van der Waals surface area contributed by atoms with Gasteiger partial charge in [0.2, 0.25) is 0 Å². The molecule has 1 N–H and O–H groups in total. The summed E-state index contributed by atoms with van der Waals surface area (Å²) in [5.41, 5.74) is 0.298. The summed E-state index contributed by atoms with van der Waals surface area (Å²) in [5.74, 6) is -0.715. The molecule has 0 amide bonds. The summed E-state index contributed by atoms with van der Waals surface area (Å²) in [6, 6.07) is 6.88. The van der Waals surface area contributed by atoms with Crippen molar-refractivity contribution in [2.45, 2.75) is 6.42 Å². The fourth-order valence-corrected chi connectivity index (χ4v) is 1.59. The third kappa shape index (κ3) is 3.25. The van der Waals surface area contributed by atoms with Crippen LogP contribution < -0.4 is 5.56 Å². The third-order valence-corrected chi connectivity index (χ3v) is 2.45. The monoisotopic (exact) mass is 262 g/mol. The van der Waals surface area contributed by atoms with E-state index in [-0.39, 0.29) is 17.9 Å². The van der Waals surface area contributed by atoms with Gasteiger partial charge in [0.05, 0.1) is 19.2 Å². The van der Waals surface area contributed by atoms with Crippen molar-refractivity contribution in [3.8, 4) is 11.4 Å². The van der Waals surface area contributed by atoms with Gasteiger partial charge in [0, 0.05) is 11.6 Å². The number of H-pyrrole nitrogens is 1. The number of aromatic amines is 1. The SMILES string of the molecule is COC(=O)Cc1cc(=O)[nH]c(-c2cccc(F)c2)n1. The minimum atomic E-state index is -0.497. The lowest BCUT2D eigenvalue weighted by Crippen LogP contribution is -2.14. The average molecular weight is 262 g/mol. The number of nitrogens with zero attached hydrogens (tertiary/aromatic N) is 1. The van der Waals surface area contributed by atoms with Crippen LogP contribution in [-0.4, -0.2) is 23.0 Å². The van der Waals surface area contributed by atoms with E-state index < -0.39 is 17.3 Å². The van der Waals surface area contributed by atoms with E-state index >= 15 is 0 Å². The zero-order chi connectivity index (χ0) is 13.8. The molecular formula is C13H11FN2O3. The predicted molar refractivity (Wildman–Crippen MR) is 66.0 cm³/mol. The van der Waals surface area contributed by atoms with Gasteiger partial charge in [-0.3, -0.25) is 9.59 Å². The van der Waals surface area contributed by atoms with E-state index in [0.717, 1.165) is 0 Å². The van der Waals surface area contributed by atoms with Crippen LogP contribution in [0.25, 0.3) is 11.4 Å². The number of carbonyl (C=O) groups excluding carboxylic acids is 1. The van der Waals surface area contributed by atoms with Gasteiger partial charge in [0.25, 0.3) is 5.56 Å². The summed E-state index contributed by atoms with van der Waals surface area (Å²) in [7, 11) is 1.25. The molecule has 19 heavy (non-hydrogen) atoms. The summed E-state index contributed by atoms with van der Waals surface area (Å²) in [4.78, 5) is 29.3. The van der Waals surface area contributed by atoms with Crippen molar-refractivity contribution < 1.29 is 13.9 Å². The molecule has 0 atom stereocenters. The number of halogens is 1. The van der Waals surface area contributed by atoms with Crippen LogP contribution in [0.5, 0.6) is 0 Å². The van der Waals surface area contributed by atoms with Crippen molar-refractivity contribution in [1.29, 1.82) is 0 Å². The maximum Gasteiger partial charge on any atom is 0.311 e. The van der Waals surface area contributed by atoms with Crippen LogP contribution in [0.15, 0.2) is 35.1 Å². The Kier molecular flexibility index (Phi) is 3.70. The second-order valence-corrected chi connectivity index (χ2v) is 3.85. The number of nitrogens with one attached hydrogen (secondary N) is 1. The first kappa shape index (κ1) is 12.9. The molecule has 2 rings (SSSR count). The molecule has 1 heterocycles. The van der Waals surface area contributed by atoms with Gasteiger partial charge in [0.1, 0.15) is 11.6 Å². The number of methoxy groups -OCH3 is 1. The van der Waals surface area contributed by atoms with Crippen molar-refractivity contribution in [3.05, 3.63) is 52.2 Å². The Morgan fingerprint density at radius 2 is 2.21 bits per heavy atom. The molecule has 0 bridgehead atoms. The van der Waals surface area contributed by atoms with Crippen molar-refractivity contribution in [2.24, 2.45) is 0 Å². The van der Waals surface area contributed by atoms with E-state index in [9.17, 15) is 14.0 Å². The molecule has 0 saturated heterocycles. The van der Waals surface area contributed by atoms with Crippen molar-refractivity contribution in [3.63, 3.8) is 0 Å². The fraction of sp³-hybridized carbons (Fsp3) is 0.154. The fourth-order valence-electron chi connectivity index (χ4n) is 1.59. The molecule has 1 aromatic heterocycles. The number of aromatic nitrogens is 2. The average Bonchev–Trinajstić information content (AvgIpc) is 2.38. The molecule has 0 radical (unpaired) electrons. The van der Waals surface area contributed by atoms with Crippen molar-refractivity contribution >= 4 is 5.97 Å². The van der Waals surface area contributed by atoms with Gasteiger partial charge in [-0.2, -0.15) is 0 Å². The Hall–Kier alpha value is -2.50. The number of hydrogen-bond acceptors (Lipinski definition) is 4. The highest BCUT2D eigenvalue weighted by molar-refractivity contribution is 5.72. The van der Waals surface area contributed by atoms with E-state index in [4.69, 9.17) is 0 Å². The molecule has 0 aliphatic rings. The second kappa shape index (κ2) is 5.43. The Labute approximate surface area is 108 Å². The predicted octanol–water partition coefficient (Wildman–Crippen LogP) is 1.29. The molecule has 0 unspecified atom stereocenters. The summed E-state index contributed by atoms with van der Waals surface area (Å²) >= 11 is 0. The number of benzene rings is 1. The molecule has 0 aliphatic heterocycles. The second-order valence-electron chi connectivity index (χ2n) is 3.85. The zero-order valence-electron chi connectivity index (χ0n) is 10.1. The lowest BCUT2D eigenvalue weighted by atomic mass is 10.2. The minimum Gasteiger partial charge on any atom is -0.469 e. The third-order valence-electron chi connectivity index (χ3n) is 2.45. The van der Waals surface area contributed by atoms with Gasteiger partial charge in [-0.1, -0.05) is 12.1 Å². The van der Waals surface area contributed by atoms with Crippen molar-refractivity contribution in [2.75, 3.05) is 7.11 Å². The van der Waals surface area contributed by atoms with E-state index in [1.165, 1.54) is 31.4 Å². The molecule has 0 aliphatic carbocycles. The Morgan fingerprint density at radius 3 is 2.89 bits per heavy atom. The van der Waals surface area contributed by atoms with Gasteiger partial charge in [-0.05, 0) is 12.1 Å². The van der Waals surface area contributed by atoms with Crippen LogP contribution in [0.3, 0.4) is 0 Å². The van der Waals surface area contributed by atoms with E-state index in [1.807, 2.05) is 0 Å². The molecule has 1 aromatic carbocycles. The number of hydrogen-bond donors (Lipinski definition) is 1. The van der Waals surface area contributed by atoms with Gasteiger partial charge in [0.15, 0.2) is 0 Å². The molecule has 5 nitrogen and oxygen atoms in total. The highest BCUT2D eigenvalue weighted by atomic mass is 19.1. The summed E-state index contributed by atoms with van der Waals surface area (Å²) in [6.07, 6.45) is -0.108. The van der Waals surface area contributed by atoms with Crippen LogP contribution in [0, 0.1) is 5.82 Å². The van der Waals surface area contributed by atoms with Gasteiger partial charge < -0.3 is 9.72 Å². The largest absolute Gasteiger partial charge is 0.469 e. The van der Waals surface area contributed by atoms with Crippen LogP contribution >= 0.6 is 0 Å². The normalized spacial score (nSPS) is 10.2. The lowest BCUT2D eigenvalue weighted by molar-refractivity contribution is -0.139. The van der Waals surface area contributed by atoms with E-state index in [0.29, 0.717) is 5.56 Å². The first-order chi connectivity index (χ1) is 9.08.